The number of nitrogens with one attached hydrogen (secondary N) is 1. The van der Waals surface area contributed by atoms with Gasteiger partial charge >= 0.3 is 0 Å². The van der Waals surface area contributed by atoms with Gasteiger partial charge in [-0.1, -0.05) is 12.1 Å². The van der Waals surface area contributed by atoms with Crippen molar-refractivity contribution in [3.05, 3.63) is 48.2 Å². The summed E-state index contributed by atoms with van der Waals surface area (Å²) in [7, 11) is 0. The number of benzene rings is 1. The summed E-state index contributed by atoms with van der Waals surface area (Å²) in [5, 5.41) is 8.40. The van der Waals surface area contributed by atoms with Gasteiger partial charge in [0.2, 0.25) is 0 Å². The Morgan fingerprint density at radius 3 is 2.60 bits per heavy atom. The minimum atomic E-state index is -0.123. The molecule has 1 amide bonds. The van der Waals surface area contributed by atoms with E-state index in [0.29, 0.717) is 30.0 Å². The van der Waals surface area contributed by atoms with Crippen molar-refractivity contribution in [1.29, 1.82) is 0 Å². The topological polar surface area (TPSA) is 72.3 Å². The lowest BCUT2D eigenvalue weighted by Crippen LogP contribution is -2.35. The summed E-state index contributed by atoms with van der Waals surface area (Å²) >= 11 is 0. The van der Waals surface area contributed by atoms with E-state index < -0.39 is 0 Å². The molecule has 1 N–H and O–H groups in total. The van der Waals surface area contributed by atoms with Gasteiger partial charge in [0.15, 0.2) is 5.65 Å². The van der Waals surface area contributed by atoms with Gasteiger partial charge in [-0.05, 0) is 55.4 Å². The fourth-order valence-corrected chi connectivity index (χ4v) is 4.65. The van der Waals surface area contributed by atoms with Crippen LogP contribution in [0, 0.1) is 5.41 Å². The molecule has 0 atom stereocenters. The van der Waals surface area contributed by atoms with Crippen LogP contribution >= 0.6 is 0 Å². The maximum atomic E-state index is 13.2. The number of anilines is 2. The van der Waals surface area contributed by atoms with Crippen LogP contribution in [0.1, 0.15) is 42.1 Å². The molecule has 3 fully saturated rings. The van der Waals surface area contributed by atoms with Crippen LogP contribution in [0.4, 0.5) is 11.5 Å². The van der Waals surface area contributed by atoms with E-state index in [1.165, 1.54) is 25.7 Å². The van der Waals surface area contributed by atoms with Crippen molar-refractivity contribution in [1.82, 2.24) is 14.8 Å². The Balaban J connectivity index is 1.24. The second-order valence-electron chi connectivity index (χ2n) is 8.85. The minimum Gasteiger partial charge on any atom is -0.377 e. The van der Waals surface area contributed by atoms with Crippen molar-refractivity contribution in [2.45, 2.75) is 31.7 Å². The number of ether oxygens (including phenoxy) is 1. The van der Waals surface area contributed by atoms with Gasteiger partial charge in [-0.15, -0.1) is 0 Å². The van der Waals surface area contributed by atoms with E-state index in [0.717, 1.165) is 29.8 Å². The number of fused-ring (bicyclic) bond motifs is 1. The van der Waals surface area contributed by atoms with E-state index in [4.69, 9.17) is 4.74 Å². The van der Waals surface area contributed by atoms with Crippen molar-refractivity contribution in [2.75, 3.05) is 36.5 Å². The molecule has 30 heavy (non-hydrogen) atoms. The van der Waals surface area contributed by atoms with Gasteiger partial charge in [-0.3, -0.25) is 4.79 Å². The summed E-state index contributed by atoms with van der Waals surface area (Å²) in [5.74, 6) is 0.419. The van der Waals surface area contributed by atoms with Gasteiger partial charge in [0.25, 0.3) is 5.91 Å². The quantitative estimate of drug-likeness (QED) is 0.720. The van der Waals surface area contributed by atoms with E-state index in [1.54, 1.807) is 0 Å². The number of amides is 1. The fraction of sp³-hybridized carbons (Fsp3) is 0.435. The lowest BCUT2D eigenvalue weighted by molar-refractivity contribution is -0.0269. The molecule has 2 aromatic heterocycles. The fourth-order valence-electron chi connectivity index (χ4n) is 4.65. The molecule has 2 aliphatic heterocycles. The molecule has 1 saturated carbocycles. The predicted molar refractivity (Wildman–Crippen MR) is 115 cm³/mol. The minimum absolute atomic E-state index is 0.123. The number of piperidine rings is 1. The molecule has 7 heteroatoms. The molecular formula is C23H25N5O2. The van der Waals surface area contributed by atoms with Crippen molar-refractivity contribution < 1.29 is 9.53 Å². The molecule has 6 rings (SSSR count). The van der Waals surface area contributed by atoms with Crippen molar-refractivity contribution in [2.24, 2.45) is 5.41 Å². The summed E-state index contributed by atoms with van der Waals surface area (Å²) in [6.07, 6.45) is 7.03. The third-order valence-corrected chi connectivity index (χ3v) is 6.92. The van der Waals surface area contributed by atoms with Crippen LogP contribution in [-0.4, -0.2) is 47.0 Å². The number of hydrogen-bond acceptors (Lipinski definition) is 5. The van der Waals surface area contributed by atoms with Gasteiger partial charge < -0.3 is 15.0 Å². The molecule has 3 aromatic rings. The molecule has 4 heterocycles. The molecule has 7 nitrogen and oxygen atoms in total. The number of hydrogen-bond donors (Lipinski definition) is 1. The van der Waals surface area contributed by atoms with Crippen LogP contribution in [0.5, 0.6) is 0 Å². The molecule has 1 aliphatic carbocycles. The van der Waals surface area contributed by atoms with Crippen molar-refractivity contribution in [3.63, 3.8) is 0 Å². The number of pyridine rings is 1. The van der Waals surface area contributed by atoms with Crippen LogP contribution in [0.3, 0.4) is 0 Å². The Bertz CT molecular complexity index is 1110. The lowest BCUT2D eigenvalue weighted by Gasteiger charge is -2.34. The Morgan fingerprint density at radius 2 is 1.87 bits per heavy atom. The maximum Gasteiger partial charge on any atom is 0.258 e. The molecular weight excluding hydrogens is 378 g/mol. The maximum absolute atomic E-state index is 13.2. The molecule has 1 spiro atoms. The number of para-hydroxylation sites is 1. The van der Waals surface area contributed by atoms with Gasteiger partial charge in [-0.25, -0.2) is 9.67 Å². The zero-order chi connectivity index (χ0) is 20.1. The first-order chi connectivity index (χ1) is 14.7. The highest BCUT2D eigenvalue weighted by molar-refractivity contribution is 6.08. The molecule has 3 aliphatic rings. The molecule has 154 valence electrons. The van der Waals surface area contributed by atoms with Crippen LogP contribution in [0.25, 0.3) is 11.0 Å². The summed E-state index contributed by atoms with van der Waals surface area (Å²) in [6, 6.07) is 11.9. The summed E-state index contributed by atoms with van der Waals surface area (Å²) in [6.45, 7) is 3.35. The van der Waals surface area contributed by atoms with E-state index in [1.807, 2.05) is 41.2 Å². The molecule has 0 unspecified atom stereocenters. The summed E-state index contributed by atoms with van der Waals surface area (Å²) in [4.78, 5) is 20.2. The summed E-state index contributed by atoms with van der Waals surface area (Å²) < 4.78 is 7.18. The highest BCUT2D eigenvalue weighted by Crippen LogP contribution is 2.54. The monoisotopic (exact) mass is 403 g/mol. The SMILES string of the molecule is O=C(Nc1ccc2cnn(C3COC3)c2n1)c1ccccc1N1CCC2(CC1)CC2. The number of aromatic nitrogens is 3. The largest absolute Gasteiger partial charge is 0.377 e. The Hall–Kier alpha value is -2.93. The lowest BCUT2D eigenvalue weighted by atomic mass is 9.93. The second-order valence-corrected chi connectivity index (χ2v) is 8.85. The van der Waals surface area contributed by atoms with Crippen LogP contribution < -0.4 is 10.2 Å². The summed E-state index contributed by atoms with van der Waals surface area (Å²) in [5.41, 5.74) is 3.11. The van der Waals surface area contributed by atoms with E-state index in [-0.39, 0.29) is 11.9 Å². The van der Waals surface area contributed by atoms with Crippen LogP contribution in [0.2, 0.25) is 0 Å². The first kappa shape index (κ1) is 17.9. The van der Waals surface area contributed by atoms with Crippen molar-refractivity contribution in [3.8, 4) is 0 Å². The van der Waals surface area contributed by atoms with Crippen molar-refractivity contribution >= 4 is 28.4 Å². The highest BCUT2D eigenvalue weighted by atomic mass is 16.5. The first-order valence-electron chi connectivity index (χ1n) is 10.8. The second kappa shape index (κ2) is 6.80. The third kappa shape index (κ3) is 3.04. The van der Waals surface area contributed by atoms with Gasteiger partial charge in [0.05, 0.1) is 25.0 Å². The van der Waals surface area contributed by atoms with Crippen LogP contribution in [-0.2, 0) is 4.74 Å². The van der Waals surface area contributed by atoms with Gasteiger partial charge in [0.1, 0.15) is 11.9 Å². The molecule has 1 aromatic carbocycles. The van der Waals surface area contributed by atoms with Gasteiger partial charge in [0, 0.05) is 24.2 Å². The molecule has 0 radical (unpaired) electrons. The molecule has 0 bridgehead atoms. The van der Waals surface area contributed by atoms with E-state index in [9.17, 15) is 4.79 Å². The van der Waals surface area contributed by atoms with Gasteiger partial charge in [-0.2, -0.15) is 5.10 Å². The smallest absolute Gasteiger partial charge is 0.258 e. The number of nitrogens with zero attached hydrogens (tertiary/aromatic N) is 4. The van der Waals surface area contributed by atoms with E-state index >= 15 is 0 Å². The van der Waals surface area contributed by atoms with Crippen LogP contribution in [0.15, 0.2) is 42.6 Å². The Kier molecular flexibility index (Phi) is 4.06. The normalized spacial score (nSPS) is 20.3. The Labute approximate surface area is 175 Å². The highest BCUT2D eigenvalue weighted by Gasteiger charge is 2.44. The number of rotatable bonds is 4. The first-order valence-corrected chi connectivity index (χ1v) is 10.8. The predicted octanol–water partition coefficient (Wildman–Crippen LogP) is 3.64. The Morgan fingerprint density at radius 1 is 1.07 bits per heavy atom. The zero-order valence-corrected chi connectivity index (χ0v) is 16.9. The zero-order valence-electron chi connectivity index (χ0n) is 16.9. The average molecular weight is 403 g/mol. The third-order valence-electron chi connectivity index (χ3n) is 6.92. The average Bonchev–Trinajstić information content (AvgIpc) is 3.37. The number of carbonyl (C=O) groups is 1. The standard InChI is InChI=1S/C23H25N5O2/c29-22(18-3-1-2-4-19(18)27-11-9-23(7-8-23)10-12-27)26-20-6-5-16-13-24-28(21(16)25-20)17-14-30-15-17/h1-6,13,17H,7-12,14-15H2,(H,25,26,29). The van der Waals surface area contributed by atoms with E-state index in [2.05, 4.69) is 26.4 Å². The number of carbonyl (C=O) groups excluding carboxylic acids is 1. The molecule has 2 saturated heterocycles.